The standard InChI is InChI=1S/C15H33N3/c1-12-9-13(2)14(15(16)10-12)11-18(5)8-6-7-17(3)4/h12-15H,6-11,16H2,1-5H3. The Morgan fingerprint density at radius 2 is 1.72 bits per heavy atom. The van der Waals surface area contributed by atoms with E-state index in [1.807, 2.05) is 0 Å². The molecule has 3 nitrogen and oxygen atoms in total. The first kappa shape index (κ1) is 15.9. The van der Waals surface area contributed by atoms with Gasteiger partial charge in [-0.2, -0.15) is 0 Å². The fraction of sp³-hybridized carbons (Fsp3) is 1.00. The van der Waals surface area contributed by atoms with E-state index >= 15 is 0 Å². The molecule has 0 aliphatic heterocycles. The van der Waals surface area contributed by atoms with Crippen molar-refractivity contribution >= 4 is 0 Å². The molecule has 1 saturated carbocycles. The van der Waals surface area contributed by atoms with Gasteiger partial charge in [-0.05, 0) is 71.2 Å². The van der Waals surface area contributed by atoms with Gasteiger partial charge in [0.2, 0.25) is 0 Å². The van der Waals surface area contributed by atoms with Crippen molar-refractivity contribution in [2.24, 2.45) is 23.5 Å². The van der Waals surface area contributed by atoms with E-state index < -0.39 is 0 Å². The maximum atomic E-state index is 6.35. The normalized spacial score (nSPS) is 33.3. The summed E-state index contributed by atoms with van der Waals surface area (Å²) in [6, 6.07) is 0.403. The summed E-state index contributed by atoms with van der Waals surface area (Å²) in [4.78, 5) is 4.73. The van der Waals surface area contributed by atoms with E-state index in [-0.39, 0.29) is 0 Å². The summed E-state index contributed by atoms with van der Waals surface area (Å²) in [5.74, 6) is 2.27. The summed E-state index contributed by atoms with van der Waals surface area (Å²) in [6.07, 6.45) is 3.81. The molecule has 4 atom stereocenters. The highest BCUT2D eigenvalue weighted by atomic mass is 15.1. The molecule has 1 fully saturated rings. The van der Waals surface area contributed by atoms with Crippen molar-refractivity contribution < 1.29 is 0 Å². The van der Waals surface area contributed by atoms with Crippen molar-refractivity contribution in [2.75, 3.05) is 40.8 Å². The minimum absolute atomic E-state index is 0.403. The molecule has 0 saturated heterocycles. The molecule has 108 valence electrons. The summed E-state index contributed by atoms with van der Waals surface area (Å²) in [6.45, 7) is 8.25. The molecule has 4 unspecified atom stereocenters. The minimum atomic E-state index is 0.403. The summed E-state index contributed by atoms with van der Waals surface area (Å²) in [7, 11) is 6.52. The highest BCUT2D eigenvalue weighted by Gasteiger charge is 2.32. The van der Waals surface area contributed by atoms with Crippen LogP contribution < -0.4 is 5.73 Å². The molecular formula is C15H33N3. The van der Waals surface area contributed by atoms with Crippen molar-refractivity contribution in [3.05, 3.63) is 0 Å². The Bertz CT molecular complexity index is 218. The molecule has 0 bridgehead atoms. The van der Waals surface area contributed by atoms with Crippen molar-refractivity contribution in [2.45, 2.75) is 39.2 Å². The topological polar surface area (TPSA) is 32.5 Å². The molecule has 1 aliphatic carbocycles. The molecule has 0 heterocycles. The van der Waals surface area contributed by atoms with Gasteiger partial charge in [0.25, 0.3) is 0 Å². The molecule has 3 heteroatoms. The highest BCUT2D eigenvalue weighted by Crippen LogP contribution is 2.33. The summed E-state index contributed by atoms with van der Waals surface area (Å²) < 4.78 is 0. The van der Waals surface area contributed by atoms with Crippen LogP contribution in [-0.2, 0) is 0 Å². The number of rotatable bonds is 6. The molecule has 1 aliphatic rings. The van der Waals surface area contributed by atoms with Gasteiger partial charge >= 0.3 is 0 Å². The van der Waals surface area contributed by atoms with E-state index in [1.54, 1.807) is 0 Å². The van der Waals surface area contributed by atoms with Crippen molar-refractivity contribution in [3.63, 3.8) is 0 Å². The zero-order chi connectivity index (χ0) is 13.7. The Morgan fingerprint density at radius 3 is 2.28 bits per heavy atom. The molecule has 0 amide bonds. The van der Waals surface area contributed by atoms with Crippen LogP contribution in [0.4, 0.5) is 0 Å². The average molecular weight is 255 g/mol. The van der Waals surface area contributed by atoms with Crippen LogP contribution in [0.5, 0.6) is 0 Å². The van der Waals surface area contributed by atoms with E-state index in [4.69, 9.17) is 5.73 Å². The Labute approximate surface area is 114 Å². The van der Waals surface area contributed by atoms with Crippen LogP contribution >= 0.6 is 0 Å². The summed E-state index contributed by atoms with van der Waals surface area (Å²) in [5.41, 5.74) is 6.35. The zero-order valence-corrected chi connectivity index (χ0v) is 13.0. The van der Waals surface area contributed by atoms with Gasteiger partial charge in [-0.25, -0.2) is 0 Å². The van der Waals surface area contributed by atoms with Crippen LogP contribution in [0.1, 0.15) is 33.1 Å². The Morgan fingerprint density at radius 1 is 1.06 bits per heavy atom. The highest BCUT2D eigenvalue weighted by molar-refractivity contribution is 4.86. The Hall–Kier alpha value is -0.120. The lowest BCUT2D eigenvalue weighted by Crippen LogP contribution is -2.46. The first-order chi connectivity index (χ1) is 8.40. The second kappa shape index (κ2) is 7.46. The maximum Gasteiger partial charge on any atom is 0.00844 e. The van der Waals surface area contributed by atoms with Crippen LogP contribution in [-0.4, -0.2) is 56.6 Å². The van der Waals surface area contributed by atoms with Crippen LogP contribution in [0, 0.1) is 17.8 Å². The number of hydrogen-bond donors (Lipinski definition) is 1. The first-order valence-corrected chi connectivity index (χ1v) is 7.49. The van der Waals surface area contributed by atoms with Gasteiger partial charge in [-0.15, -0.1) is 0 Å². The predicted octanol–water partition coefficient (Wildman–Crippen LogP) is 1.88. The molecule has 1 rings (SSSR count). The van der Waals surface area contributed by atoms with E-state index in [0.717, 1.165) is 11.8 Å². The van der Waals surface area contributed by atoms with Crippen molar-refractivity contribution in [3.8, 4) is 0 Å². The molecule has 18 heavy (non-hydrogen) atoms. The summed E-state index contributed by atoms with van der Waals surface area (Å²) >= 11 is 0. The molecular weight excluding hydrogens is 222 g/mol. The fourth-order valence-electron chi connectivity index (χ4n) is 3.39. The molecule has 2 N–H and O–H groups in total. The minimum Gasteiger partial charge on any atom is -0.327 e. The van der Waals surface area contributed by atoms with E-state index in [2.05, 4.69) is 44.8 Å². The van der Waals surface area contributed by atoms with Crippen LogP contribution in [0.25, 0.3) is 0 Å². The SMILES string of the molecule is CC1CC(C)C(CN(C)CCCN(C)C)C(N)C1. The Kier molecular flexibility index (Phi) is 6.61. The molecule has 0 spiro atoms. The van der Waals surface area contributed by atoms with Crippen LogP contribution in [0.3, 0.4) is 0 Å². The molecule has 0 aromatic carbocycles. The third kappa shape index (κ3) is 5.25. The largest absolute Gasteiger partial charge is 0.327 e. The summed E-state index contributed by atoms with van der Waals surface area (Å²) in [5, 5.41) is 0. The van der Waals surface area contributed by atoms with Crippen molar-refractivity contribution in [1.82, 2.24) is 9.80 Å². The number of hydrogen-bond acceptors (Lipinski definition) is 3. The molecule has 0 aromatic heterocycles. The lowest BCUT2D eigenvalue weighted by atomic mass is 9.72. The van der Waals surface area contributed by atoms with Gasteiger partial charge in [0.1, 0.15) is 0 Å². The smallest absolute Gasteiger partial charge is 0.00844 e. The number of nitrogens with zero attached hydrogens (tertiary/aromatic N) is 2. The van der Waals surface area contributed by atoms with Crippen molar-refractivity contribution in [1.29, 1.82) is 0 Å². The van der Waals surface area contributed by atoms with Crippen LogP contribution in [0.15, 0.2) is 0 Å². The average Bonchev–Trinajstić information content (AvgIpc) is 2.22. The second-order valence-corrected chi connectivity index (χ2v) is 6.80. The number of nitrogens with two attached hydrogens (primary N) is 1. The molecule has 0 radical (unpaired) electrons. The van der Waals surface area contributed by atoms with E-state index in [1.165, 1.54) is 38.9 Å². The van der Waals surface area contributed by atoms with Gasteiger partial charge in [0.05, 0.1) is 0 Å². The zero-order valence-electron chi connectivity index (χ0n) is 13.0. The van der Waals surface area contributed by atoms with E-state index in [0.29, 0.717) is 12.0 Å². The maximum absolute atomic E-state index is 6.35. The first-order valence-electron chi connectivity index (χ1n) is 7.49. The van der Waals surface area contributed by atoms with E-state index in [9.17, 15) is 0 Å². The quantitative estimate of drug-likeness (QED) is 0.786. The predicted molar refractivity (Wildman–Crippen MR) is 79.7 cm³/mol. The monoisotopic (exact) mass is 255 g/mol. The Balaban J connectivity index is 2.31. The van der Waals surface area contributed by atoms with Gasteiger partial charge in [-0.1, -0.05) is 13.8 Å². The van der Waals surface area contributed by atoms with Gasteiger partial charge in [0, 0.05) is 12.6 Å². The fourth-order valence-corrected chi connectivity index (χ4v) is 3.39. The van der Waals surface area contributed by atoms with Gasteiger partial charge < -0.3 is 15.5 Å². The second-order valence-electron chi connectivity index (χ2n) is 6.80. The van der Waals surface area contributed by atoms with Gasteiger partial charge in [0.15, 0.2) is 0 Å². The lowest BCUT2D eigenvalue weighted by molar-refractivity contribution is 0.128. The third-order valence-corrected chi connectivity index (χ3v) is 4.40. The van der Waals surface area contributed by atoms with Crippen LogP contribution in [0.2, 0.25) is 0 Å². The van der Waals surface area contributed by atoms with Gasteiger partial charge in [-0.3, -0.25) is 0 Å². The lowest BCUT2D eigenvalue weighted by Gasteiger charge is -2.39. The molecule has 0 aromatic rings. The third-order valence-electron chi connectivity index (χ3n) is 4.40.